The van der Waals surface area contributed by atoms with Crippen molar-refractivity contribution in [3.05, 3.63) is 23.9 Å². The van der Waals surface area contributed by atoms with E-state index in [1.165, 1.54) is 12.0 Å². The number of nitrogens with one attached hydrogen (secondary N) is 1. The maximum absolute atomic E-state index is 4.44. The second-order valence-electron chi connectivity index (χ2n) is 5.11. The second-order valence-corrected chi connectivity index (χ2v) is 5.11. The van der Waals surface area contributed by atoms with Crippen LogP contribution in [-0.2, 0) is 0 Å². The largest absolute Gasteiger partial charge is 0.352 e. The maximum Gasteiger partial charge on any atom is 0.243 e. The van der Waals surface area contributed by atoms with Crippen LogP contribution < -0.4 is 5.32 Å². The highest BCUT2D eigenvalue weighted by molar-refractivity contribution is 5.44. The number of pyridine rings is 1. The molecule has 0 spiro atoms. The fourth-order valence-electron chi connectivity index (χ4n) is 1.94. The third-order valence-electron chi connectivity index (χ3n) is 3.57. The van der Waals surface area contributed by atoms with Gasteiger partial charge in [-0.25, -0.2) is 4.52 Å². The summed E-state index contributed by atoms with van der Waals surface area (Å²) in [5, 5.41) is 7.69. The Hall–Kier alpha value is -1.62. The Morgan fingerprint density at radius 2 is 2.21 bits per heavy atom. The molecule has 0 aliphatic heterocycles. The lowest BCUT2D eigenvalue weighted by atomic mass is 10.2. The summed E-state index contributed by atoms with van der Waals surface area (Å²) in [6.45, 7) is 8.35. The SMILES string of the molecule is CCC(C)N(C)CCNc1nc2ccc(C)cn2n1. The first-order chi connectivity index (χ1) is 9.10. The number of likely N-dealkylation sites (N-methyl/N-ethyl adjacent to an activating group) is 1. The highest BCUT2D eigenvalue weighted by atomic mass is 15.3. The van der Waals surface area contributed by atoms with Gasteiger partial charge in [0.15, 0.2) is 5.65 Å². The predicted octanol–water partition coefficient (Wildman–Crippen LogP) is 2.18. The van der Waals surface area contributed by atoms with Crippen LogP contribution in [0, 0.1) is 6.92 Å². The summed E-state index contributed by atoms with van der Waals surface area (Å²) in [5.41, 5.74) is 2.06. The van der Waals surface area contributed by atoms with Gasteiger partial charge < -0.3 is 10.2 Å². The van der Waals surface area contributed by atoms with Crippen molar-refractivity contribution in [1.82, 2.24) is 19.5 Å². The molecule has 0 aromatic carbocycles. The summed E-state index contributed by atoms with van der Waals surface area (Å²) in [6.07, 6.45) is 3.15. The van der Waals surface area contributed by atoms with Gasteiger partial charge in [0.2, 0.25) is 5.95 Å². The van der Waals surface area contributed by atoms with Crippen LogP contribution in [0.25, 0.3) is 5.65 Å². The molecule has 5 heteroatoms. The van der Waals surface area contributed by atoms with Gasteiger partial charge >= 0.3 is 0 Å². The summed E-state index contributed by atoms with van der Waals surface area (Å²) in [5.74, 6) is 0.697. The van der Waals surface area contributed by atoms with Crippen molar-refractivity contribution in [2.45, 2.75) is 33.2 Å². The minimum absolute atomic E-state index is 0.610. The lowest BCUT2D eigenvalue weighted by Gasteiger charge is -2.23. The van der Waals surface area contributed by atoms with Crippen molar-refractivity contribution in [2.75, 3.05) is 25.5 Å². The van der Waals surface area contributed by atoms with Crippen LogP contribution in [0.3, 0.4) is 0 Å². The quantitative estimate of drug-likeness (QED) is 0.865. The zero-order chi connectivity index (χ0) is 13.8. The molecule has 2 aromatic rings. The summed E-state index contributed by atoms with van der Waals surface area (Å²) >= 11 is 0. The molecular formula is C14H23N5. The van der Waals surface area contributed by atoms with E-state index in [4.69, 9.17) is 0 Å². The highest BCUT2D eigenvalue weighted by Crippen LogP contribution is 2.07. The monoisotopic (exact) mass is 261 g/mol. The standard InChI is InChI=1S/C14H23N5/c1-5-12(3)18(4)9-8-15-14-16-13-7-6-11(2)10-19(13)17-14/h6-7,10,12H,5,8-9H2,1-4H3,(H,15,17). The van der Waals surface area contributed by atoms with E-state index in [0.29, 0.717) is 12.0 Å². The molecule has 0 saturated carbocycles. The smallest absolute Gasteiger partial charge is 0.243 e. The molecule has 1 unspecified atom stereocenters. The summed E-state index contributed by atoms with van der Waals surface area (Å²) in [7, 11) is 2.15. The number of hydrogen-bond donors (Lipinski definition) is 1. The fourth-order valence-corrected chi connectivity index (χ4v) is 1.94. The fraction of sp³-hybridized carbons (Fsp3) is 0.571. The molecule has 0 bridgehead atoms. The molecule has 2 heterocycles. The van der Waals surface area contributed by atoms with Crippen LogP contribution in [0.5, 0.6) is 0 Å². The lowest BCUT2D eigenvalue weighted by molar-refractivity contribution is 0.261. The van der Waals surface area contributed by atoms with Crippen molar-refractivity contribution in [1.29, 1.82) is 0 Å². The average molecular weight is 261 g/mol. The molecule has 0 aliphatic carbocycles. The van der Waals surface area contributed by atoms with Gasteiger partial charge in [-0.05, 0) is 38.9 Å². The zero-order valence-electron chi connectivity index (χ0n) is 12.2. The minimum atomic E-state index is 0.610. The van der Waals surface area contributed by atoms with Crippen molar-refractivity contribution in [3.8, 4) is 0 Å². The zero-order valence-corrected chi connectivity index (χ0v) is 12.2. The van der Waals surface area contributed by atoms with Crippen LogP contribution in [0.4, 0.5) is 5.95 Å². The molecule has 1 N–H and O–H groups in total. The molecule has 2 rings (SSSR count). The highest BCUT2D eigenvalue weighted by Gasteiger charge is 2.07. The number of nitrogens with zero attached hydrogens (tertiary/aromatic N) is 4. The maximum atomic E-state index is 4.44. The van der Waals surface area contributed by atoms with Gasteiger partial charge in [-0.15, -0.1) is 5.10 Å². The van der Waals surface area contributed by atoms with E-state index in [1.54, 1.807) is 0 Å². The first-order valence-electron chi connectivity index (χ1n) is 6.87. The number of aromatic nitrogens is 3. The molecule has 19 heavy (non-hydrogen) atoms. The van der Waals surface area contributed by atoms with E-state index >= 15 is 0 Å². The molecule has 0 radical (unpaired) electrons. The Bertz CT molecular complexity index is 534. The van der Waals surface area contributed by atoms with E-state index in [2.05, 4.69) is 48.1 Å². The van der Waals surface area contributed by atoms with Crippen LogP contribution in [-0.4, -0.2) is 45.7 Å². The van der Waals surface area contributed by atoms with Gasteiger partial charge in [0.05, 0.1) is 0 Å². The Morgan fingerprint density at radius 3 is 2.95 bits per heavy atom. The summed E-state index contributed by atoms with van der Waals surface area (Å²) in [4.78, 5) is 6.78. The molecule has 104 valence electrons. The molecule has 1 atom stereocenters. The van der Waals surface area contributed by atoms with Crippen LogP contribution in [0.15, 0.2) is 18.3 Å². The Labute approximate surface area is 114 Å². The number of hydrogen-bond acceptors (Lipinski definition) is 4. The predicted molar refractivity (Wildman–Crippen MR) is 78.6 cm³/mol. The lowest BCUT2D eigenvalue weighted by Crippen LogP contribution is -2.32. The molecular weight excluding hydrogens is 238 g/mol. The number of aryl methyl sites for hydroxylation is 1. The van der Waals surface area contributed by atoms with Gasteiger partial charge in [0, 0.05) is 25.3 Å². The first-order valence-corrected chi connectivity index (χ1v) is 6.87. The van der Waals surface area contributed by atoms with E-state index in [1.807, 2.05) is 22.8 Å². The van der Waals surface area contributed by atoms with Gasteiger partial charge in [0.25, 0.3) is 0 Å². The molecule has 0 saturated heterocycles. The molecule has 5 nitrogen and oxygen atoms in total. The Kier molecular flexibility index (Phi) is 4.37. The molecule has 0 fully saturated rings. The van der Waals surface area contributed by atoms with Gasteiger partial charge in [0.1, 0.15) is 0 Å². The van der Waals surface area contributed by atoms with Crippen molar-refractivity contribution in [3.63, 3.8) is 0 Å². The van der Waals surface area contributed by atoms with Crippen LogP contribution in [0.2, 0.25) is 0 Å². The average Bonchev–Trinajstić information content (AvgIpc) is 2.79. The van der Waals surface area contributed by atoms with Crippen molar-refractivity contribution in [2.24, 2.45) is 0 Å². The van der Waals surface area contributed by atoms with Crippen LogP contribution >= 0.6 is 0 Å². The van der Waals surface area contributed by atoms with Crippen LogP contribution in [0.1, 0.15) is 25.8 Å². The van der Waals surface area contributed by atoms with Gasteiger partial charge in [-0.2, -0.15) is 4.98 Å². The Balaban J connectivity index is 1.91. The van der Waals surface area contributed by atoms with Crippen molar-refractivity contribution < 1.29 is 0 Å². The third-order valence-corrected chi connectivity index (χ3v) is 3.57. The van der Waals surface area contributed by atoms with E-state index in [9.17, 15) is 0 Å². The van der Waals surface area contributed by atoms with E-state index in [-0.39, 0.29) is 0 Å². The van der Waals surface area contributed by atoms with E-state index < -0.39 is 0 Å². The minimum Gasteiger partial charge on any atom is -0.352 e. The molecule has 2 aromatic heterocycles. The topological polar surface area (TPSA) is 45.5 Å². The van der Waals surface area contributed by atoms with Gasteiger partial charge in [-0.1, -0.05) is 13.0 Å². The van der Waals surface area contributed by atoms with E-state index in [0.717, 1.165) is 18.7 Å². The molecule has 0 aliphatic rings. The second kappa shape index (κ2) is 6.02. The number of fused-ring (bicyclic) bond motifs is 1. The Morgan fingerprint density at radius 1 is 1.42 bits per heavy atom. The summed E-state index contributed by atoms with van der Waals surface area (Å²) in [6, 6.07) is 4.64. The molecule has 0 amide bonds. The number of anilines is 1. The third kappa shape index (κ3) is 3.44. The first kappa shape index (κ1) is 13.8. The summed E-state index contributed by atoms with van der Waals surface area (Å²) < 4.78 is 1.82. The van der Waals surface area contributed by atoms with Crippen molar-refractivity contribution >= 4 is 11.6 Å². The van der Waals surface area contributed by atoms with Gasteiger partial charge in [-0.3, -0.25) is 0 Å². The normalized spacial score (nSPS) is 13.1. The number of rotatable bonds is 6.